The van der Waals surface area contributed by atoms with Crippen molar-refractivity contribution >= 4 is 28.5 Å². The van der Waals surface area contributed by atoms with E-state index in [9.17, 15) is 14.4 Å². The Morgan fingerprint density at radius 3 is 1.76 bits per heavy atom. The normalized spacial score (nSPS) is 11.5. The van der Waals surface area contributed by atoms with E-state index in [4.69, 9.17) is 11.6 Å². The minimum atomic E-state index is -1.40. The van der Waals surface area contributed by atoms with Crippen molar-refractivity contribution in [2.45, 2.75) is 6.04 Å². The fourth-order valence-electron chi connectivity index (χ4n) is 1.80. The van der Waals surface area contributed by atoms with Crippen LogP contribution in [0.2, 0.25) is 0 Å². The molecule has 0 aromatic heterocycles. The van der Waals surface area contributed by atoms with Crippen LogP contribution in [0.4, 0.5) is 0 Å². The van der Waals surface area contributed by atoms with Crippen molar-refractivity contribution < 1.29 is 14.4 Å². The van der Waals surface area contributed by atoms with Crippen molar-refractivity contribution in [3.63, 3.8) is 0 Å². The van der Waals surface area contributed by atoms with Crippen molar-refractivity contribution in [1.82, 2.24) is 5.32 Å². The zero-order chi connectivity index (χ0) is 15.2. The van der Waals surface area contributed by atoms with Crippen LogP contribution in [0.15, 0.2) is 60.7 Å². The van der Waals surface area contributed by atoms with Crippen molar-refractivity contribution in [2.24, 2.45) is 0 Å². The molecule has 0 saturated heterocycles. The largest absolute Gasteiger partial charge is 0.334 e. The molecule has 0 aliphatic heterocycles. The summed E-state index contributed by atoms with van der Waals surface area (Å²) < 4.78 is 0. The average Bonchev–Trinajstić information content (AvgIpc) is 2.53. The van der Waals surface area contributed by atoms with Gasteiger partial charge in [0, 0.05) is 11.1 Å². The van der Waals surface area contributed by atoms with E-state index in [0.29, 0.717) is 11.1 Å². The van der Waals surface area contributed by atoms with Gasteiger partial charge in [0.15, 0.2) is 11.8 Å². The molecule has 4 nitrogen and oxygen atoms in total. The molecule has 1 unspecified atom stereocenters. The van der Waals surface area contributed by atoms with Gasteiger partial charge in [0.1, 0.15) is 0 Å². The fraction of sp³-hybridized carbons (Fsp3) is 0.0625. The van der Waals surface area contributed by atoms with Crippen molar-refractivity contribution in [3.05, 3.63) is 71.8 Å². The van der Waals surface area contributed by atoms with Gasteiger partial charge in [0.25, 0.3) is 11.1 Å². The minimum absolute atomic E-state index is 0.310. The molecule has 1 amide bonds. The molecule has 2 rings (SSSR count). The topological polar surface area (TPSA) is 63.2 Å². The molecule has 5 heteroatoms. The first-order chi connectivity index (χ1) is 10.1. The Hall–Kier alpha value is -2.46. The van der Waals surface area contributed by atoms with Crippen LogP contribution in [0.3, 0.4) is 0 Å². The molecule has 0 bridgehead atoms. The summed E-state index contributed by atoms with van der Waals surface area (Å²) in [6.07, 6.45) is 0. The summed E-state index contributed by atoms with van der Waals surface area (Å²) in [6.45, 7) is 0. The van der Waals surface area contributed by atoms with E-state index in [1.165, 1.54) is 0 Å². The molecule has 0 aliphatic rings. The number of benzene rings is 2. The zero-order valence-electron chi connectivity index (χ0n) is 11.0. The van der Waals surface area contributed by atoms with Crippen LogP contribution in [-0.4, -0.2) is 23.0 Å². The highest BCUT2D eigenvalue weighted by Gasteiger charge is 2.28. The predicted octanol–water partition coefficient (Wildman–Crippen LogP) is 2.43. The van der Waals surface area contributed by atoms with Gasteiger partial charge >= 0.3 is 0 Å². The van der Waals surface area contributed by atoms with E-state index in [1.54, 1.807) is 60.7 Å². The summed E-state index contributed by atoms with van der Waals surface area (Å²) in [5.74, 6) is -1.07. The van der Waals surface area contributed by atoms with Crippen LogP contribution in [0.1, 0.15) is 20.7 Å². The number of hydrogen-bond donors (Lipinski definition) is 1. The lowest BCUT2D eigenvalue weighted by Crippen LogP contribution is -2.44. The van der Waals surface area contributed by atoms with Crippen molar-refractivity contribution in [1.29, 1.82) is 0 Å². The fourth-order valence-corrected chi connectivity index (χ4v) is 1.95. The van der Waals surface area contributed by atoms with Crippen LogP contribution in [0.25, 0.3) is 0 Å². The molecular formula is C16H12ClNO3. The number of hydrogen-bond acceptors (Lipinski definition) is 3. The third-order valence-electron chi connectivity index (χ3n) is 2.86. The van der Waals surface area contributed by atoms with Gasteiger partial charge in [-0.05, 0) is 23.7 Å². The summed E-state index contributed by atoms with van der Waals surface area (Å²) in [5, 5.41) is 1.44. The van der Waals surface area contributed by atoms with E-state index in [-0.39, 0.29) is 0 Å². The second kappa shape index (κ2) is 6.81. The predicted molar refractivity (Wildman–Crippen MR) is 79.3 cm³/mol. The molecule has 0 aliphatic carbocycles. The number of Topliss-reactive ketones (excluding diaryl/α,β-unsaturated/α-hetero) is 1. The first-order valence-corrected chi connectivity index (χ1v) is 6.62. The van der Waals surface area contributed by atoms with E-state index >= 15 is 0 Å². The van der Waals surface area contributed by atoms with Gasteiger partial charge in [-0.25, -0.2) is 0 Å². The Labute approximate surface area is 126 Å². The standard InChI is InChI=1S/C16H12ClNO3/c17-15(20)13(14(19)11-7-3-1-4-8-11)18-16(21)12-9-5-2-6-10-12/h1-10,13H,(H,18,21). The maximum absolute atomic E-state index is 12.2. The van der Waals surface area contributed by atoms with Crippen LogP contribution in [0.5, 0.6) is 0 Å². The first-order valence-electron chi connectivity index (χ1n) is 6.24. The Kier molecular flexibility index (Phi) is 4.85. The molecule has 0 radical (unpaired) electrons. The molecule has 106 valence electrons. The lowest BCUT2D eigenvalue weighted by atomic mass is 10.0. The molecule has 2 aromatic rings. The third-order valence-corrected chi connectivity index (χ3v) is 3.08. The maximum Gasteiger partial charge on any atom is 0.252 e. The smallest absolute Gasteiger partial charge is 0.252 e. The summed E-state index contributed by atoms with van der Waals surface area (Å²) in [5.41, 5.74) is 0.658. The minimum Gasteiger partial charge on any atom is -0.334 e. The SMILES string of the molecule is O=C(NC(C(=O)Cl)C(=O)c1ccccc1)c1ccccc1. The van der Waals surface area contributed by atoms with E-state index in [1.807, 2.05) is 0 Å². The maximum atomic E-state index is 12.2. The quantitative estimate of drug-likeness (QED) is 0.524. The van der Waals surface area contributed by atoms with E-state index in [0.717, 1.165) is 0 Å². The highest BCUT2D eigenvalue weighted by Crippen LogP contribution is 2.08. The number of halogens is 1. The molecule has 2 aromatic carbocycles. The highest BCUT2D eigenvalue weighted by molar-refractivity contribution is 6.67. The van der Waals surface area contributed by atoms with Crippen molar-refractivity contribution in [2.75, 3.05) is 0 Å². The Morgan fingerprint density at radius 1 is 0.810 bits per heavy atom. The van der Waals surface area contributed by atoms with Gasteiger partial charge in [-0.2, -0.15) is 0 Å². The number of amides is 1. The summed E-state index contributed by atoms with van der Waals surface area (Å²) >= 11 is 5.45. The number of carbonyl (C=O) groups is 3. The second-order valence-electron chi connectivity index (χ2n) is 4.31. The van der Waals surface area contributed by atoms with Crippen LogP contribution in [-0.2, 0) is 4.79 Å². The monoisotopic (exact) mass is 301 g/mol. The molecule has 0 spiro atoms. The number of rotatable bonds is 5. The van der Waals surface area contributed by atoms with Crippen molar-refractivity contribution in [3.8, 4) is 0 Å². The molecule has 0 heterocycles. The molecule has 1 atom stereocenters. The molecule has 0 saturated carbocycles. The van der Waals surface area contributed by atoms with E-state index in [2.05, 4.69) is 5.32 Å². The lowest BCUT2D eigenvalue weighted by Gasteiger charge is -2.13. The molecule has 0 fully saturated rings. The third kappa shape index (κ3) is 3.77. The van der Waals surface area contributed by atoms with Gasteiger partial charge in [-0.3, -0.25) is 14.4 Å². The van der Waals surface area contributed by atoms with Crippen LogP contribution in [0, 0.1) is 0 Å². The van der Waals surface area contributed by atoms with Gasteiger partial charge in [0.2, 0.25) is 0 Å². The summed E-state index contributed by atoms with van der Waals surface area (Å²) in [6, 6.07) is 15.1. The highest BCUT2D eigenvalue weighted by atomic mass is 35.5. The number of ketones is 1. The summed E-state index contributed by atoms with van der Waals surface area (Å²) in [4.78, 5) is 35.7. The molecule has 21 heavy (non-hydrogen) atoms. The number of carbonyl (C=O) groups excluding carboxylic acids is 3. The van der Waals surface area contributed by atoms with Crippen LogP contribution < -0.4 is 5.32 Å². The Bertz CT molecular complexity index is 656. The van der Waals surface area contributed by atoms with Gasteiger partial charge in [-0.15, -0.1) is 0 Å². The zero-order valence-corrected chi connectivity index (χ0v) is 11.7. The van der Waals surface area contributed by atoms with Gasteiger partial charge in [-0.1, -0.05) is 48.5 Å². The Balaban J connectivity index is 2.19. The molecule has 1 N–H and O–H groups in total. The second-order valence-corrected chi connectivity index (χ2v) is 4.68. The van der Waals surface area contributed by atoms with E-state index < -0.39 is 23.0 Å². The Morgan fingerprint density at radius 2 is 1.29 bits per heavy atom. The number of nitrogens with one attached hydrogen (secondary N) is 1. The molecular weight excluding hydrogens is 290 g/mol. The average molecular weight is 302 g/mol. The summed E-state index contributed by atoms with van der Waals surface area (Å²) in [7, 11) is 0. The first kappa shape index (κ1) is 14.9. The lowest BCUT2D eigenvalue weighted by molar-refractivity contribution is -0.112. The van der Waals surface area contributed by atoms with Gasteiger partial charge in [0.05, 0.1) is 0 Å². The van der Waals surface area contributed by atoms with Gasteiger partial charge < -0.3 is 5.32 Å². The van der Waals surface area contributed by atoms with Crippen LogP contribution >= 0.6 is 11.6 Å².